The van der Waals surface area contributed by atoms with Crippen molar-refractivity contribution in [2.45, 2.75) is 39.2 Å². The number of carboxylic acids is 1. The molecule has 0 aliphatic carbocycles. The van der Waals surface area contributed by atoms with Crippen LogP contribution in [0.25, 0.3) is 0 Å². The topological polar surface area (TPSA) is 69.8 Å². The summed E-state index contributed by atoms with van der Waals surface area (Å²) in [6, 6.07) is 10.8. The third kappa shape index (κ3) is 4.54. The van der Waals surface area contributed by atoms with E-state index in [0.29, 0.717) is 23.8 Å². The van der Waals surface area contributed by atoms with Crippen LogP contribution in [-0.2, 0) is 13.0 Å². The number of oxazole rings is 1. The third-order valence-corrected chi connectivity index (χ3v) is 6.61. The number of likely N-dealkylation sites (tertiary alicyclic amines) is 2. The number of aryl methyl sites for hydroxylation is 1. The monoisotopic (exact) mass is 397 g/mol. The minimum Gasteiger partial charge on any atom is -0.476 e. The standard InChI is InChI=1S/C23H31N3O3/c1-2-3-11-25-12-19-13-26(14-21-24-20(15-29-21)22(27)28)17-23(19,16-25)10-9-18-7-5-4-6-8-18/h4-8,15,19H,2-3,9-14,16-17H2,1H3,(H,27,28). The first-order valence-electron chi connectivity index (χ1n) is 10.7. The van der Waals surface area contributed by atoms with Crippen LogP contribution >= 0.6 is 0 Å². The normalized spacial score (nSPS) is 24.8. The number of unbranched alkanes of at least 4 members (excludes halogenated alkanes) is 1. The van der Waals surface area contributed by atoms with Crippen molar-refractivity contribution >= 4 is 5.97 Å². The molecular formula is C23H31N3O3. The number of carbonyl (C=O) groups is 1. The van der Waals surface area contributed by atoms with E-state index in [2.05, 4.69) is 52.0 Å². The second kappa shape index (κ2) is 8.67. The molecule has 1 aromatic heterocycles. The Kier molecular flexibility index (Phi) is 6.01. The molecule has 29 heavy (non-hydrogen) atoms. The maximum absolute atomic E-state index is 11.1. The summed E-state index contributed by atoms with van der Waals surface area (Å²) >= 11 is 0. The van der Waals surface area contributed by atoms with Crippen molar-refractivity contribution < 1.29 is 14.3 Å². The molecular weight excluding hydrogens is 366 g/mol. The predicted octanol–water partition coefficient (Wildman–Crippen LogP) is 3.54. The first-order valence-corrected chi connectivity index (χ1v) is 10.7. The van der Waals surface area contributed by atoms with E-state index in [9.17, 15) is 4.79 Å². The zero-order chi connectivity index (χ0) is 20.3. The van der Waals surface area contributed by atoms with Crippen LogP contribution in [0.5, 0.6) is 0 Å². The Balaban J connectivity index is 1.44. The summed E-state index contributed by atoms with van der Waals surface area (Å²) in [5.41, 5.74) is 1.69. The van der Waals surface area contributed by atoms with Crippen LogP contribution in [0.2, 0.25) is 0 Å². The zero-order valence-electron chi connectivity index (χ0n) is 17.2. The van der Waals surface area contributed by atoms with E-state index in [1.165, 1.54) is 37.6 Å². The highest BCUT2D eigenvalue weighted by Crippen LogP contribution is 2.46. The smallest absolute Gasteiger partial charge is 0.357 e. The van der Waals surface area contributed by atoms with Gasteiger partial charge in [0.15, 0.2) is 5.69 Å². The summed E-state index contributed by atoms with van der Waals surface area (Å²) in [6.07, 6.45) is 6.04. The molecule has 6 heteroatoms. The van der Waals surface area contributed by atoms with Crippen LogP contribution in [0.1, 0.15) is 48.1 Å². The molecule has 2 saturated heterocycles. The Bertz CT molecular complexity index is 822. The van der Waals surface area contributed by atoms with Crippen molar-refractivity contribution in [2.24, 2.45) is 11.3 Å². The van der Waals surface area contributed by atoms with Crippen molar-refractivity contribution in [1.82, 2.24) is 14.8 Å². The van der Waals surface area contributed by atoms with Gasteiger partial charge >= 0.3 is 5.97 Å². The molecule has 0 spiro atoms. The van der Waals surface area contributed by atoms with Crippen LogP contribution in [-0.4, -0.2) is 58.6 Å². The first kappa shape index (κ1) is 20.1. The number of benzene rings is 1. The number of aromatic carboxylic acids is 1. The fraction of sp³-hybridized carbons (Fsp3) is 0.565. The lowest BCUT2D eigenvalue weighted by molar-refractivity contribution is 0.0690. The molecule has 2 aliphatic rings. The molecule has 2 fully saturated rings. The van der Waals surface area contributed by atoms with Crippen molar-refractivity contribution in [3.63, 3.8) is 0 Å². The summed E-state index contributed by atoms with van der Waals surface area (Å²) < 4.78 is 5.40. The Morgan fingerprint density at radius 1 is 1.24 bits per heavy atom. The Morgan fingerprint density at radius 3 is 2.72 bits per heavy atom. The first-order chi connectivity index (χ1) is 14.1. The summed E-state index contributed by atoms with van der Waals surface area (Å²) in [6.45, 7) is 8.42. The summed E-state index contributed by atoms with van der Waals surface area (Å²) in [4.78, 5) is 20.2. The molecule has 3 heterocycles. The van der Waals surface area contributed by atoms with Crippen LogP contribution in [0.15, 0.2) is 41.0 Å². The molecule has 2 unspecified atom stereocenters. The van der Waals surface area contributed by atoms with Gasteiger partial charge in [0.1, 0.15) is 6.26 Å². The van der Waals surface area contributed by atoms with E-state index < -0.39 is 5.97 Å². The van der Waals surface area contributed by atoms with Gasteiger partial charge in [-0.25, -0.2) is 9.78 Å². The maximum atomic E-state index is 11.1. The number of rotatable bonds is 9. The van der Waals surface area contributed by atoms with Crippen molar-refractivity contribution in [3.05, 3.63) is 53.7 Å². The molecule has 2 aromatic rings. The average Bonchev–Trinajstić information content (AvgIpc) is 3.39. The lowest BCUT2D eigenvalue weighted by Crippen LogP contribution is -2.35. The molecule has 1 aromatic carbocycles. The van der Waals surface area contributed by atoms with Crippen molar-refractivity contribution in [2.75, 3.05) is 32.7 Å². The van der Waals surface area contributed by atoms with E-state index in [-0.39, 0.29) is 5.69 Å². The quantitative estimate of drug-likeness (QED) is 0.698. The van der Waals surface area contributed by atoms with E-state index >= 15 is 0 Å². The number of nitrogens with zero attached hydrogens (tertiary/aromatic N) is 3. The van der Waals surface area contributed by atoms with Gasteiger partial charge in [0.25, 0.3) is 0 Å². The van der Waals surface area contributed by atoms with Gasteiger partial charge in [-0.05, 0) is 37.3 Å². The lowest BCUT2D eigenvalue weighted by Gasteiger charge is -2.30. The van der Waals surface area contributed by atoms with Crippen LogP contribution in [0, 0.1) is 11.3 Å². The van der Waals surface area contributed by atoms with E-state index in [0.717, 1.165) is 32.6 Å². The van der Waals surface area contributed by atoms with Gasteiger partial charge in [0, 0.05) is 31.6 Å². The van der Waals surface area contributed by atoms with Gasteiger partial charge in [0.2, 0.25) is 5.89 Å². The third-order valence-electron chi connectivity index (χ3n) is 6.61. The van der Waals surface area contributed by atoms with Crippen LogP contribution in [0.4, 0.5) is 0 Å². The number of hydrogen-bond donors (Lipinski definition) is 1. The Hall–Kier alpha value is -2.18. The van der Waals surface area contributed by atoms with Gasteiger partial charge in [-0.2, -0.15) is 0 Å². The van der Waals surface area contributed by atoms with Gasteiger partial charge in [0.05, 0.1) is 6.54 Å². The van der Waals surface area contributed by atoms with Crippen molar-refractivity contribution in [1.29, 1.82) is 0 Å². The fourth-order valence-electron chi connectivity index (χ4n) is 5.14. The molecule has 0 saturated carbocycles. The molecule has 0 radical (unpaired) electrons. The highest BCUT2D eigenvalue weighted by atomic mass is 16.4. The average molecular weight is 398 g/mol. The SMILES string of the molecule is CCCCN1CC2CN(Cc3nc(C(=O)O)co3)CC2(CCc2ccccc2)C1. The maximum Gasteiger partial charge on any atom is 0.357 e. The second-order valence-corrected chi connectivity index (χ2v) is 8.73. The van der Waals surface area contributed by atoms with Crippen molar-refractivity contribution in [3.8, 4) is 0 Å². The molecule has 4 rings (SSSR count). The van der Waals surface area contributed by atoms with E-state index in [1.54, 1.807) is 0 Å². The summed E-state index contributed by atoms with van der Waals surface area (Å²) in [5.74, 6) is 0.115. The number of aromatic nitrogens is 1. The predicted molar refractivity (Wildman–Crippen MR) is 111 cm³/mol. The van der Waals surface area contributed by atoms with E-state index in [1.807, 2.05) is 0 Å². The largest absolute Gasteiger partial charge is 0.476 e. The van der Waals surface area contributed by atoms with Crippen LogP contribution in [0.3, 0.4) is 0 Å². The summed E-state index contributed by atoms with van der Waals surface area (Å²) in [5, 5.41) is 9.07. The number of hydrogen-bond acceptors (Lipinski definition) is 5. The zero-order valence-corrected chi connectivity index (χ0v) is 17.2. The van der Waals surface area contributed by atoms with Gasteiger partial charge in [-0.1, -0.05) is 43.7 Å². The second-order valence-electron chi connectivity index (χ2n) is 8.73. The molecule has 2 aliphatic heterocycles. The molecule has 2 atom stereocenters. The molecule has 6 nitrogen and oxygen atoms in total. The molecule has 1 N–H and O–H groups in total. The van der Waals surface area contributed by atoms with E-state index in [4.69, 9.17) is 9.52 Å². The minimum atomic E-state index is -1.04. The molecule has 156 valence electrons. The summed E-state index contributed by atoms with van der Waals surface area (Å²) in [7, 11) is 0. The van der Waals surface area contributed by atoms with Crippen LogP contribution < -0.4 is 0 Å². The number of carboxylic acid groups (broad SMARTS) is 1. The Labute approximate surface area is 172 Å². The van der Waals surface area contributed by atoms with Gasteiger partial charge in [-0.3, -0.25) is 4.90 Å². The Morgan fingerprint density at radius 2 is 2.00 bits per heavy atom. The molecule has 0 amide bonds. The lowest BCUT2D eigenvalue weighted by atomic mass is 9.76. The minimum absolute atomic E-state index is 0.0103. The van der Waals surface area contributed by atoms with Gasteiger partial charge < -0.3 is 14.4 Å². The highest BCUT2D eigenvalue weighted by Gasteiger charge is 2.51. The highest BCUT2D eigenvalue weighted by molar-refractivity contribution is 5.84. The van der Waals surface area contributed by atoms with Gasteiger partial charge in [-0.15, -0.1) is 0 Å². The molecule has 0 bridgehead atoms. The fourth-order valence-corrected chi connectivity index (χ4v) is 5.14. The number of fused-ring (bicyclic) bond motifs is 1.